The molecule has 17 heavy (non-hydrogen) atoms. The van der Waals surface area contributed by atoms with Crippen LogP contribution < -0.4 is 11.1 Å². The summed E-state index contributed by atoms with van der Waals surface area (Å²) in [7, 11) is 0. The fourth-order valence-electron chi connectivity index (χ4n) is 1.30. The first kappa shape index (κ1) is 11.7. The molecule has 0 unspecified atom stereocenters. The van der Waals surface area contributed by atoms with E-state index in [0.717, 1.165) is 10.0 Å². The van der Waals surface area contributed by atoms with Gasteiger partial charge in [-0.2, -0.15) is 4.98 Å². The van der Waals surface area contributed by atoms with E-state index in [1.807, 2.05) is 19.1 Å². The van der Waals surface area contributed by atoms with Crippen molar-refractivity contribution in [2.24, 2.45) is 0 Å². The number of nitrogens with two attached hydrogens (primary N) is 1. The molecule has 2 rings (SSSR count). The molecule has 0 bridgehead atoms. The number of benzene rings is 1. The molecule has 5 nitrogen and oxygen atoms in total. The van der Waals surface area contributed by atoms with Crippen LogP contribution in [0.5, 0.6) is 0 Å². The van der Waals surface area contributed by atoms with Crippen molar-refractivity contribution in [1.82, 2.24) is 4.98 Å². The SMILES string of the molecule is Cc1ccc(NC(=O)c2coc(N)n2)c(Br)c1. The standard InChI is InChI=1S/C11H10BrN3O2/c1-6-2-3-8(7(12)4-6)14-10(16)9-5-17-11(13)15-9/h2-5H,1H3,(H2,13,15)(H,14,16). The van der Waals surface area contributed by atoms with Crippen molar-refractivity contribution >= 4 is 33.5 Å². The molecule has 0 spiro atoms. The average molecular weight is 296 g/mol. The molecule has 0 aliphatic rings. The Morgan fingerprint density at radius 3 is 2.88 bits per heavy atom. The fraction of sp³-hybridized carbons (Fsp3) is 0.0909. The van der Waals surface area contributed by atoms with Gasteiger partial charge >= 0.3 is 0 Å². The van der Waals surface area contributed by atoms with Crippen LogP contribution in [0, 0.1) is 6.92 Å². The number of nitrogens with zero attached hydrogens (tertiary/aromatic N) is 1. The molecule has 0 aliphatic heterocycles. The number of anilines is 2. The number of amides is 1. The highest BCUT2D eigenvalue weighted by Crippen LogP contribution is 2.23. The predicted octanol–water partition coefficient (Wildman–Crippen LogP) is 2.58. The van der Waals surface area contributed by atoms with Gasteiger partial charge in [-0.05, 0) is 40.5 Å². The second-order valence-electron chi connectivity index (χ2n) is 3.51. The quantitative estimate of drug-likeness (QED) is 0.892. The minimum absolute atomic E-state index is 0.0295. The molecule has 6 heteroatoms. The van der Waals surface area contributed by atoms with Crippen LogP contribution in [0.1, 0.15) is 16.1 Å². The van der Waals surface area contributed by atoms with E-state index in [4.69, 9.17) is 10.2 Å². The maximum absolute atomic E-state index is 11.8. The largest absolute Gasteiger partial charge is 0.431 e. The number of oxazole rings is 1. The molecular formula is C11H10BrN3O2. The van der Waals surface area contributed by atoms with Gasteiger partial charge in [0.2, 0.25) is 0 Å². The van der Waals surface area contributed by atoms with Crippen LogP contribution in [0.25, 0.3) is 0 Å². The topological polar surface area (TPSA) is 81.2 Å². The number of rotatable bonds is 2. The summed E-state index contributed by atoms with van der Waals surface area (Å²) in [5.74, 6) is -0.366. The molecule has 1 heterocycles. The third-order valence-electron chi connectivity index (χ3n) is 2.13. The fourth-order valence-corrected chi connectivity index (χ4v) is 1.89. The van der Waals surface area contributed by atoms with Crippen molar-refractivity contribution in [1.29, 1.82) is 0 Å². The highest BCUT2D eigenvalue weighted by molar-refractivity contribution is 9.10. The van der Waals surface area contributed by atoms with Crippen LogP contribution in [-0.4, -0.2) is 10.9 Å². The van der Waals surface area contributed by atoms with Gasteiger partial charge in [0.1, 0.15) is 6.26 Å². The van der Waals surface area contributed by atoms with Crippen LogP contribution in [-0.2, 0) is 0 Å². The van der Waals surface area contributed by atoms with E-state index < -0.39 is 0 Å². The molecule has 3 N–H and O–H groups in total. The minimum Gasteiger partial charge on any atom is -0.431 e. The zero-order valence-corrected chi connectivity index (χ0v) is 10.6. The lowest BCUT2D eigenvalue weighted by molar-refractivity contribution is 0.102. The molecule has 1 amide bonds. The first-order valence-electron chi connectivity index (χ1n) is 4.85. The zero-order chi connectivity index (χ0) is 12.4. The number of carbonyl (C=O) groups excluding carboxylic acids is 1. The van der Waals surface area contributed by atoms with Gasteiger partial charge < -0.3 is 15.5 Å². The Balaban J connectivity index is 2.18. The Morgan fingerprint density at radius 2 is 2.29 bits per heavy atom. The molecule has 0 aliphatic carbocycles. The number of carbonyl (C=O) groups is 1. The number of aryl methyl sites for hydroxylation is 1. The summed E-state index contributed by atoms with van der Waals surface area (Å²) in [5, 5.41) is 2.70. The number of nitrogens with one attached hydrogen (secondary N) is 1. The Morgan fingerprint density at radius 1 is 1.53 bits per heavy atom. The normalized spacial score (nSPS) is 10.2. The molecule has 0 saturated carbocycles. The Hall–Kier alpha value is -1.82. The van der Waals surface area contributed by atoms with Gasteiger partial charge in [0, 0.05) is 4.47 Å². The van der Waals surface area contributed by atoms with Crippen molar-refractivity contribution in [3.05, 3.63) is 40.2 Å². The van der Waals surface area contributed by atoms with Crippen LogP contribution >= 0.6 is 15.9 Å². The van der Waals surface area contributed by atoms with E-state index in [-0.39, 0.29) is 17.6 Å². The van der Waals surface area contributed by atoms with Crippen LogP contribution in [0.4, 0.5) is 11.7 Å². The van der Waals surface area contributed by atoms with E-state index in [2.05, 4.69) is 26.2 Å². The van der Waals surface area contributed by atoms with Crippen molar-refractivity contribution in [3.63, 3.8) is 0 Å². The summed E-state index contributed by atoms with van der Waals surface area (Å²) in [6.07, 6.45) is 1.22. The molecular weight excluding hydrogens is 286 g/mol. The van der Waals surface area contributed by atoms with Gasteiger partial charge in [-0.3, -0.25) is 4.79 Å². The Kier molecular flexibility index (Phi) is 3.14. The van der Waals surface area contributed by atoms with E-state index in [9.17, 15) is 4.79 Å². The number of hydrogen-bond donors (Lipinski definition) is 2. The van der Waals surface area contributed by atoms with Crippen LogP contribution in [0.2, 0.25) is 0 Å². The average Bonchev–Trinajstić information content (AvgIpc) is 2.69. The second kappa shape index (κ2) is 4.58. The molecule has 2 aromatic rings. The zero-order valence-electron chi connectivity index (χ0n) is 9.03. The van der Waals surface area contributed by atoms with Gasteiger partial charge in [0.25, 0.3) is 11.9 Å². The summed E-state index contributed by atoms with van der Waals surface area (Å²) in [6, 6.07) is 5.59. The molecule has 0 fully saturated rings. The highest BCUT2D eigenvalue weighted by Gasteiger charge is 2.12. The third-order valence-corrected chi connectivity index (χ3v) is 2.78. The molecule has 0 atom stereocenters. The maximum Gasteiger partial charge on any atom is 0.292 e. The molecule has 0 saturated heterocycles. The molecule has 1 aromatic carbocycles. The van der Waals surface area contributed by atoms with Crippen LogP contribution in [0.15, 0.2) is 33.4 Å². The Labute approximate surface area is 106 Å². The number of hydrogen-bond acceptors (Lipinski definition) is 4. The van der Waals surface area contributed by atoms with Gasteiger partial charge in [0.15, 0.2) is 5.69 Å². The number of halogens is 1. The maximum atomic E-state index is 11.8. The molecule has 0 radical (unpaired) electrons. The van der Waals surface area contributed by atoms with Crippen molar-refractivity contribution in [2.75, 3.05) is 11.1 Å². The van der Waals surface area contributed by atoms with Gasteiger partial charge in [-0.15, -0.1) is 0 Å². The number of aromatic nitrogens is 1. The van der Waals surface area contributed by atoms with Gasteiger partial charge in [-0.1, -0.05) is 6.07 Å². The van der Waals surface area contributed by atoms with Crippen molar-refractivity contribution < 1.29 is 9.21 Å². The first-order valence-corrected chi connectivity index (χ1v) is 5.64. The van der Waals surface area contributed by atoms with Crippen molar-refractivity contribution in [3.8, 4) is 0 Å². The lowest BCUT2D eigenvalue weighted by atomic mass is 10.2. The smallest absolute Gasteiger partial charge is 0.292 e. The molecule has 1 aromatic heterocycles. The third kappa shape index (κ3) is 2.65. The second-order valence-corrected chi connectivity index (χ2v) is 4.36. The summed E-state index contributed by atoms with van der Waals surface area (Å²) in [5.41, 5.74) is 7.21. The predicted molar refractivity (Wildman–Crippen MR) is 67.7 cm³/mol. The minimum atomic E-state index is -0.366. The van der Waals surface area contributed by atoms with E-state index >= 15 is 0 Å². The summed E-state index contributed by atoms with van der Waals surface area (Å²) < 4.78 is 5.57. The van der Waals surface area contributed by atoms with E-state index in [0.29, 0.717) is 5.69 Å². The summed E-state index contributed by atoms with van der Waals surface area (Å²) in [4.78, 5) is 15.5. The summed E-state index contributed by atoms with van der Waals surface area (Å²) in [6.45, 7) is 1.97. The first-order chi connectivity index (χ1) is 8.06. The lowest BCUT2D eigenvalue weighted by Gasteiger charge is -2.06. The van der Waals surface area contributed by atoms with Gasteiger partial charge in [0.05, 0.1) is 5.69 Å². The monoisotopic (exact) mass is 295 g/mol. The molecule has 88 valence electrons. The number of nitrogen functional groups attached to an aromatic ring is 1. The Bertz CT molecular complexity index is 566. The van der Waals surface area contributed by atoms with E-state index in [1.54, 1.807) is 6.07 Å². The van der Waals surface area contributed by atoms with Crippen molar-refractivity contribution in [2.45, 2.75) is 6.92 Å². The lowest BCUT2D eigenvalue weighted by Crippen LogP contribution is -2.12. The van der Waals surface area contributed by atoms with Gasteiger partial charge in [-0.25, -0.2) is 0 Å². The summed E-state index contributed by atoms with van der Waals surface area (Å²) >= 11 is 3.37. The highest BCUT2D eigenvalue weighted by atomic mass is 79.9. The van der Waals surface area contributed by atoms with Crippen LogP contribution in [0.3, 0.4) is 0 Å². The van der Waals surface area contributed by atoms with E-state index in [1.165, 1.54) is 6.26 Å².